The van der Waals surface area contributed by atoms with Crippen molar-refractivity contribution in [3.05, 3.63) is 53.7 Å². The van der Waals surface area contributed by atoms with E-state index in [2.05, 4.69) is 34.6 Å². The van der Waals surface area contributed by atoms with E-state index in [0.29, 0.717) is 44.2 Å². The Morgan fingerprint density at radius 1 is 1.19 bits per heavy atom. The molecule has 5 nitrogen and oxygen atoms in total. The van der Waals surface area contributed by atoms with Gasteiger partial charge in [0.25, 0.3) is 0 Å². The second kappa shape index (κ2) is 8.32. The Morgan fingerprint density at radius 3 is 2.54 bits per heavy atom. The molecule has 3 rings (SSSR count). The first kappa shape index (κ1) is 18.4. The number of anilines is 1. The topological polar surface area (TPSA) is 60.5 Å². The highest BCUT2D eigenvalue weighted by molar-refractivity contribution is 5.99. The fourth-order valence-corrected chi connectivity index (χ4v) is 3.24. The number of pyridine rings is 1. The van der Waals surface area contributed by atoms with Crippen LogP contribution in [0.1, 0.15) is 37.3 Å². The van der Waals surface area contributed by atoms with E-state index in [1.807, 2.05) is 19.9 Å². The number of hydrogen-bond donors (Lipinski definition) is 1. The van der Waals surface area contributed by atoms with Gasteiger partial charge in [-0.1, -0.05) is 36.8 Å². The minimum Gasteiger partial charge on any atom is -0.478 e. The van der Waals surface area contributed by atoms with Crippen LogP contribution in [0.4, 0.5) is 5.69 Å². The number of aromatic nitrogens is 1. The maximum atomic E-state index is 13.2. The maximum Gasteiger partial charge on any atom is 0.235 e. The Labute approximate surface area is 154 Å². The molecule has 5 heteroatoms. The summed E-state index contributed by atoms with van der Waals surface area (Å²) in [7, 11) is 0. The standard InChI is InChI=1S/C21H26N2O3/c1-3-12-26-19-9-8-18(15-22-19)23-20(24)21(10-13-25-14-11-21)17-6-4-16(2)5-7-17/h4-9,15H,3,10-14H2,1-2H3,(H,23,24). The zero-order chi connectivity index (χ0) is 18.4. The number of nitrogens with one attached hydrogen (secondary N) is 1. The number of amides is 1. The van der Waals surface area contributed by atoms with Gasteiger partial charge in [-0.05, 0) is 37.8 Å². The second-order valence-corrected chi connectivity index (χ2v) is 6.75. The molecule has 0 bridgehead atoms. The fourth-order valence-electron chi connectivity index (χ4n) is 3.24. The van der Waals surface area contributed by atoms with Crippen molar-refractivity contribution in [3.8, 4) is 5.88 Å². The monoisotopic (exact) mass is 354 g/mol. The van der Waals surface area contributed by atoms with Crippen molar-refractivity contribution in [2.45, 2.75) is 38.5 Å². The average Bonchev–Trinajstić information content (AvgIpc) is 2.68. The Morgan fingerprint density at radius 2 is 1.92 bits per heavy atom. The largest absolute Gasteiger partial charge is 0.478 e. The van der Waals surface area contributed by atoms with Gasteiger partial charge in [0, 0.05) is 19.3 Å². The number of ether oxygens (including phenoxy) is 2. The van der Waals surface area contributed by atoms with Gasteiger partial charge < -0.3 is 14.8 Å². The van der Waals surface area contributed by atoms with Crippen LogP contribution in [-0.4, -0.2) is 30.7 Å². The Kier molecular flexibility index (Phi) is 5.89. The van der Waals surface area contributed by atoms with Gasteiger partial charge in [0.15, 0.2) is 0 Å². The van der Waals surface area contributed by atoms with E-state index in [-0.39, 0.29) is 5.91 Å². The summed E-state index contributed by atoms with van der Waals surface area (Å²) in [6.07, 6.45) is 3.92. The van der Waals surface area contributed by atoms with Crippen LogP contribution < -0.4 is 10.1 Å². The van der Waals surface area contributed by atoms with Crippen LogP contribution in [-0.2, 0) is 14.9 Å². The Balaban J connectivity index is 1.78. The van der Waals surface area contributed by atoms with E-state index < -0.39 is 5.41 Å². The van der Waals surface area contributed by atoms with Crippen molar-refractivity contribution in [3.63, 3.8) is 0 Å². The molecule has 1 saturated heterocycles. The summed E-state index contributed by atoms with van der Waals surface area (Å²) in [6, 6.07) is 11.8. The van der Waals surface area contributed by atoms with Gasteiger partial charge in [-0.15, -0.1) is 0 Å². The maximum absolute atomic E-state index is 13.2. The molecule has 0 radical (unpaired) electrons. The predicted octanol–water partition coefficient (Wildman–Crippen LogP) is 3.87. The zero-order valence-electron chi connectivity index (χ0n) is 15.5. The third kappa shape index (κ3) is 4.05. The predicted molar refractivity (Wildman–Crippen MR) is 102 cm³/mol. The Bertz CT molecular complexity index is 720. The van der Waals surface area contributed by atoms with Crippen molar-refractivity contribution in [2.24, 2.45) is 0 Å². The van der Waals surface area contributed by atoms with Crippen molar-refractivity contribution >= 4 is 11.6 Å². The van der Waals surface area contributed by atoms with Crippen LogP contribution in [0, 0.1) is 6.92 Å². The van der Waals surface area contributed by atoms with Gasteiger partial charge in [-0.2, -0.15) is 0 Å². The molecule has 1 aromatic heterocycles. The van der Waals surface area contributed by atoms with Crippen molar-refractivity contribution in [1.82, 2.24) is 4.98 Å². The molecule has 1 aliphatic rings. The normalized spacial score (nSPS) is 16.1. The summed E-state index contributed by atoms with van der Waals surface area (Å²) in [5.74, 6) is 0.567. The molecule has 1 fully saturated rings. The molecule has 1 aliphatic heterocycles. The molecular weight excluding hydrogens is 328 g/mol. The van der Waals surface area contributed by atoms with Gasteiger partial charge >= 0.3 is 0 Å². The summed E-state index contributed by atoms with van der Waals surface area (Å²) < 4.78 is 11.0. The molecule has 1 aromatic carbocycles. The van der Waals surface area contributed by atoms with Crippen molar-refractivity contribution < 1.29 is 14.3 Å². The van der Waals surface area contributed by atoms with E-state index in [4.69, 9.17) is 9.47 Å². The zero-order valence-corrected chi connectivity index (χ0v) is 15.5. The highest BCUT2D eigenvalue weighted by Gasteiger charge is 2.41. The SMILES string of the molecule is CCCOc1ccc(NC(=O)C2(c3ccc(C)cc3)CCOCC2)cn1. The first-order valence-electron chi connectivity index (χ1n) is 9.19. The van der Waals surface area contributed by atoms with Gasteiger partial charge in [0.1, 0.15) is 0 Å². The van der Waals surface area contributed by atoms with E-state index in [1.165, 1.54) is 5.56 Å². The van der Waals surface area contributed by atoms with E-state index in [0.717, 1.165) is 12.0 Å². The minimum atomic E-state index is -0.566. The molecule has 0 unspecified atom stereocenters. The van der Waals surface area contributed by atoms with Gasteiger partial charge in [0.2, 0.25) is 11.8 Å². The quantitative estimate of drug-likeness (QED) is 0.855. The van der Waals surface area contributed by atoms with Crippen LogP contribution in [0.15, 0.2) is 42.6 Å². The minimum absolute atomic E-state index is 0.00585. The molecule has 0 atom stereocenters. The van der Waals surface area contributed by atoms with Crippen LogP contribution in [0.25, 0.3) is 0 Å². The van der Waals surface area contributed by atoms with Crippen LogP contribution in [0.2, 0.25) is 0 Å². The Hall–Kier alpha value is -2.40. The molecule has 2 aromatic rings. The lowest BCUT2D eigenvalue weighted by atomic mass is 9.73. The summed E-state index contributed by atoms with van der Waals surface area (Å²) >= 11 is 0. The number of aryl methyl sites for hydroxylation is 1. The summed E-state index contributed by atoms with van der Waals surface area (Å²) in [5.41, 5.74) is 2.34. The second-order valence-electron chi connectivity index (χ2n) is 6.75. The third-order valence-corrected chi connectivity index (χ3v) is 4.83. The third-order valence-electron chi connectivity index (χ3n) is 4.83. The smallest absolute Gasteiger partial charge is 0.235 e. The molecule has 26 heavy (non-hydrogen) atoms. The lowest BCUT2D eigenvalue weighted by Gasteiger charge is -2.36. The number of hydrogen-bond acceptors (Lipinski definition) is 4. The summed E-state index contributed by atoms with van der Waals surface area (Å²) in [5, 5.41) is 3.04. The number of carbonyl (C=O) groups is 1. The van der Waals surface area contributed by atoms with Crippen molar-refractivity contribution in [2.75, 3.05) is 25.1 Å². The van der Waals surface area contributed by atoms with Gasteiger partial charge in [-0.3, -0.25) is 4.79 Å². The van der Waals surface area contributed by atoms with Crippen molar-refractivity contribution in [1.29, 1.82) is 0 Å². The fraction of sp³-hybridized carbons (Fsp3) is 0.429. The van der Waals surface area contributed by atoms with Gasteiger partial charge in [0.05, 0.1) is 23.9 Å². The molecule has 0 aliphatic carbocycles. The van der Waals surface area contributed by atoms with E-state index >= 15 is 0 Å². The number of nitrogens with zero attached hydrogens (tertiary/aromatic N) is 1. The molecule has 2 heterocycles. The lowest BCUT2D eigenvalue weighted by Crippen LogP contribution is -2.44. The molecule has 138 valence electrons. The van der Waals surface area contributed by atoms with Crippen LogP contribution in [0.3, 0.4) is 0 Å². The molecule has 0 saturated carbocycles. The summed E-state index contributed by atoms with van der Waals surface area (Å²) in [4.78, 5) is 17.5. The summed E-state index contributed by atoms with van der Waals surface area (Å²) in [6.45, 7) is 5.91. The highest BCUT2D eigenvalue weighted by Crippen LogP contribution is 2.36. The van der Waals surface area contributed by atoms with E-state index in [9.17, 15) is 4.79 Å². The first-order chi connectivity index (χ1) is 12.6. The highest BCUT2D eigenvalue weighted by atomic mass is 16.5. The number of carbonyl (C=O) groups excluding carboxylic acids is 1. The van der Waals surface area contributed by atoms with Crippen LogP contribution >= 0.6 is 0 Å². The average molecular weight is 354 g/mol. The molecular formula is C21H26N2O3. The number of benzene rings is 1. The molecule has 1 N–H and O–H groups in total. The number of rotatable bonds is 6. The molecule has 0 spiro atoms. The molecule has 1 amide bonds. The lowest BCUT2D eigenvalue weighted by molar-refractivity contribution is -0.125. The first-order valence-corrected chi connectivity index (χ1v) is 9.19. The van der Waals surface area contributed by atoms with Crippen LogP contribution in [0.5, 0.6) is 5.88 Å². The van der Waals surface area contributed by atoms with Gasteiger partial charge in [-0.25, -0.2) is 4.98 Å². The van der Waals surface area contributed by atoms with E-state index in [1.54, 1.807) is 12.3 Å².